The molecule has 1 aliphatic heterocycles. The summed E-state index contributed by atoms with van der Waals surface area (Å²) in [5, 5.41) is 3.16. The summed E-state index contributed by atoms with van der Waals surface area (Å²) in [4.78, 5) is 0.347. The number of sulfonamides is 1. The normalized spacial score (nSPS) is 20.2. The molecule has 1 aromatic rings. The van der Waals surface area contributed by atoms with Crippen molar-refractivity contribution >= 4 is 10.0 Å². The molecule has 1 saturated heterocycles. The molecule has 1 atom stereocenters. The van der Waals surface area contributed by atoms with Crippen molar-refractivity contribution in [3.8, 4) is 0 Å². The molecule has 0 amide bonds. The molecule has 1 fully saturated rings. The summed E-state index contributed by atoms with van der Waals surface area (Å²) in [6.07, 6.45) is 1.87. The lowest BCUT2D eigenvalue weighted by molar-refractivity contribution is 0.505. The van der Waals surface area contributed by atoms with E-state index in [1.54, 1.807) is 12.1 Å². The van der Waals surface area contributed by atoms with Gasteiger partial charge in [-0.2, -0.15) is 0 Å². The molecule has 1 aliphatic rings. The van der Waals surface area contributed by atoms with E-state index in [1.165, 1.54) is 5.56 Å². The number of benzene rings is 1. The topological polar surface area (TPSA) is 58.2 Å². The Hall–Kier alpha value is -0.910. The number of rotatable bonds is 5. The summed E-state index contributed by atoms with van der Waals surface area (Å²) in [6.45, 7) is 8.05. The van der Waals surface area contributed by atoms with Gasteiger partial charge in [0.15, 0.2) is 0 Å². The van der Waals surface area contributed by atoms with Crippen LogP contribution in [0.5, 0.6) is 0 Å². The van der Waals surface area contributed by atoms with Crippen molar-refractivity contribution in [2.75, 3.05) is 13.1 Å². The SMILES string of the molecule is CCC(C)(C)c1ccc(S(=O)(=O)NC2CCNC2)cc1. The third-order valence-corrected chi connectivity index (χ3v) is 5.75. The summed E-state index contributed by atoms with van der Waals surface area (Å²) in [5.41, 5.74) is 1.24. The van der Waals surface area contributed by atoms with Crippen LogP contribution in [0.25, 0.3) is 0 Å². The Balaban J connectivity index is 2.16. The molecular weight excluding hydrogens is 272 g/mol. The third kappa shape index (κ3) is 3.40. The second kappa shape index (κ2) is 5.84. The Bertz CT molecular complexity index is 544. The van der Waals surface area contributed by atoms with Gasteiger partial charge in [0, 0.05) is 12.6 Å². The zero-order chi connectivity index (χ0) is 14.8. The minimum atomic E-state index is -3.40. The highest BCUT2D eigenvalue weighted by atomic mass is 32.2. The fourth-order valence-corrected chi connectivity index (χ4v) is 3.60. The van der Waals surface area contributed by atoms with E-state index in [1.807, 2.05) is 12.1 Å². The first-order chi connectivity index (χ1) is 9.35. The maximum Gasteiger partial charge on any atom is 0.240 e. The van der Waals surface area contributed by atoms with E-state index < -0.39 is 10.0 Å². The van der Waals surface area contributed by atoms with E-state index >= 15 is 0 Å². The van der Waals surface area contributed by atoms with Gasteiger partial charge in [-0.1, -0.05) is 32.9 Å². The lowest BCUT2D eigenvalue weighted by atomic mass is 9.82. The van der Waals surface area contributed by atoms with Crippen molar-refractivity contribution in [3.05, 3.63) is 29.8 Å². The minimum absolute atomic E-state index is 0.00626. The second-order valence-electron chi connectivity index (χ2n) is 6.07. The molecule has 1 aromatic carbocycles. The van der Waals surface area contributed by atoms with Crippen molar-refractivity contribution in [1.29, 1.82) is 0 Å². The van der Waals surface area contributed by atoms with Gasteiger partial charge in [0.2, 0.25) is 10.0 Å². The number of nitrogens with one attached hydrogen (secondary N) is 2. The summed E-state index contributed by atoms with van der Waals surface area (Å²) in [7, 11) is -3.40. The van der Waals surface area contributed by atoms with Gasteiger partial charge < -0.3 is 5.32 Å². The van der Waals surface area contributed by atoms with Crippen molar-refractivity contribution in [3.63, 3.8) is 0 Å². The highest BCUT2D eigenvalue weighted by Gasteiger charge is 2.23. The van der Waals surface area contributed by atoms with Gasteiger partial charge in [-0.3, -0.25) is 0 Å². The summed E-state index contributed by atoms with van der Waals surface area (Å²) in [5.74, 6) is 0. The van der Waals surface area contributed by atoms with Crippen LogP contribution in [0.1, 0.15) is 39.2 Å². The summed E-state index contributed by atoms with van der Waals surface area (Å²) < 4.78 is 27.3. The highest BCUT2D eigenvalue weighted by Crippen LogP contribution is 2.27. The maximum atomic E-state index is 12.3. The molecule has 0 saturated carbocycles. The standard InChI is InChI=1S/C15H24N2O2S/c1-4-15(2,3)12-5-7-14(8-6-12)20(18,19)17-13-9-10-16-11-13/h5-8,13,16-17H,4,9-11H2,1-3H3. The van der Waals surface area contributed by atoms with Crippen LogP contribution in [0.3, 0.4) is 0 Å². The highest BCUT2D eigenvalue weighted by molar-refractivity contribution is 7.89. The van der Waals surface area contributed by atoms with Crippen LogP contribution in [-0.2, 0) is 15.4 Å². The lowest BCUT2D eigenvalue weighted by Crippen LogP contribution is -2.36. The smallest absolute Gasteiger partial charge is 0.240 e. The van der Waals surface area contributed by atoms with Crippen LogP contribution in [-0.4, -0.2) is 27.5 Å². The molecule has 5 heteroatoms. The van der Waals surface area contributed by atoms with Crippen molar-refractivity contribution in [1.82, 2.24) is 10.0 Å². The van der Waals surface area contributed by atoms with E-state index in [2.05, 4.69) is 30.8 Å². The van der Waals surface area contributed by atoms with Crippen LogP contribution < -0.4 is 10.0 Å². The molecule has 112 valence electrons. The molecule has 0 aliphatic carbocycles. The van der Waals surface area contributed by atoms with Crippen molar-refractivity contribution in [2.24, 2.45) is 0 Å². The fraction of sp³-hybridized carbons (Fsp3) is 0.600. The molecule has 0 aromatic heterocycles. The predicted octanol–water partition coefficient (Wildman–Crippen LogP) is 2.01. The molecule has 2 rings (SSSR count). The van der Waals surface area contributed by atoms with Gasteiger partial charge >= 0.3 is 0 Å². The molecule has 20 heavy (non-hydrogen) atoms. The van der Waals surface area contributed by atoms with E-state index in [0.717, 1.165) is 19.4 Å². The van der Waals surface area contributed by atoms with Crippen LogP contribution in [0.15, 0.2) is 29.2 Å². The van der Waals surface area contributed by atoms with E-state index in [9.17, 15) is 8.42 Å². The van der Waals surface area contributed by atoms with Gasteiger partial charge in [0.25, 0.3) is 0 Å². The first-order valence-corrected chi connectivity index (χ1v) is 8.67. The van der Waals surface area contributed by atoms with Gasteiger partial charge in [0.05, 0.1) is 4.90 Å². The molecule has 0 spiro atoms. The van der Waals surface area contributed by atoms with Gasteiger partial charge in [0.1, 0.15) is 0 Å². The summed E-state index contributed by atoms with van der Waals surface area (Å²) >= 11 is 0. The van der Waals surface area contributed by atoms with Crippen LogP contribution in [0.4, 0.5) is 0 Å². The lowest BCUT2D eigenvalue weighted by Gasteiger charge is -2.23. The Morgan fingerprint density at radius 1 is 1.30 bits per heavy atom. The van der Waals surface area contributed by atoms with Gasteiger partial charge in [-0.25, -0.2) is 13.1 Å². The molecule has 1 heterocycles. The quantitative estimate of drug-likeness (QED) is 0.874. The second-order valence-corrected chi connectivity index (χ2v) is 7.79. The molecule has 4 nitrogen and oxygen atoms in total. The zero-order valence-corrected chi connectivity index (χ0v) is 13.3. The summed E-state index contributed by atoms with van der Waals surface area (Å²) in [6, 6.07) is 7.26. The predicted molar refractivity (Wildman–Crippen MR) is 81.4 cm³/mol. The fourth-order valence-electron chi connectivity index (χ4n) is 2.33. The average molecular weight is 296 g/mol. The minimum Gasteiger partial charge on any atom is -0.315 e. The number of hydrogen-bond acceptors (Lipinski definition) is 3. The average Bonchev–Trinajstić information content (AvgIpc) is 2.91. The van der Waals surface area contributed by atoms with Crippen molar-refractivity contribution < 1.29 is 8.42 Å². The van der Waals surface area contributed by atoms with E-state index in [-0.39, 0.29) is 11.5 Å². The molecule has 0 radical (unpaired) electrons. The van der Waals surface area contributed by atoms with E-state index in [4.69, 9.17) is 0 Å². The first kappa shape index (κ1) is 15.5. The maximum absolute atomic E-state index is 12.3. The third-order valence-electron chi connectivity index (χ3n) is 4.21. The van der Waals surface area contributed by atoms with Crippen molar-refractivity contribution in [2.45, 2.75) is 50.0 Å². The zero-order valence-electron chi connectivity index (χ0n) is 12.4. The van der Waals surface area contributed by atoms with Crippen LogP contribution in [0.2, 0.25) is 0 Å². The van der Waals surface area contributed by atoms with E-state index in [0.29, 0.717) is 11.4 Å². The monoisotopic (exact) mass is 296 g/mol. The Labute approximate surface area is 122 Å². The molecular formula is C15H24N2O2S. The van der Waals surface area contributed by atoms with Gasteiger partial charge in [-0.15, -0.1) is 0 Å². The Morgan fingerprint density at radius 3 is 2.45 bits per heavy atom. The molecule has 2 N–H and O–H groups in total. The Kier molecular flexibility index (Phi) is 4.52. The van der Waals surface area contributed by atoms with Gasteiger partial charge in [-0.05, 0) is 42.5 Å². The number of hydrogen-bond donors (Lipinski definition) is 2. The largest absolute Gasteiger partial charge is 0.315 e. The Morgan fingerprint density at radius 2 is 1.95 bits per heavy atom. The van der Waals surface area contributed by atoms with Crippen LogP contribution >= 0.6 is 0 Å². The first-order valence-electron chi connectivity index (χ1n) is 7.19. The molecule has 1 unspecified atom stereocenters. The van der Waals surface area contributed by atoms with Crippen LogP contribution in [0, 0.1) is 0 Å². The molecule has 0 bridgehead atoms.